The molecule has 0 aromatic heterocycles. The topological polar surface area (TPSA) is 95.3 Å². The summed E-state index contributed by atoms with van der Waals surface area (Å²) in [5.74, 6) is -0.358. The van der Waals surface area contributed by atoms with Gasteiger partial charge in [-0.05, 0) is 41.6 Å². The summed E-state index contributed by atoms with van der Waals surface area (Å²) in [5, 5.41) is 13.8. The zero-order chi connectivity index (χ0) is 16.7. The zero-order valence-electron chi connectivity index (χ0n) is 12.8. The van der Waals surface area contributed by atoms with Gasteiger partial charge in [-0.2, -0.15) is 0 Å². The number of rotatable bonds is 6. The van der Waals surface area contributed by atoms with Gasteiger partial charge in [0, 0.05) is 17.0 Å². The van der Waals surface area contributed by atoms with Crippen LogP contribution in [0, 0.1) is 0 Å². The Morgan fingerprint density at radius 1 is 1.26 bits per heavy atom. The van der Waals surface area contributed by atoms with Crippen LogP contribution in [0.5, 0.6) is 5.75 Å². The predicted molar refractivity (Wildman–Crippen MR) is 87.2 cm³/mol. The minimum Gasteiger partial charge on any atom is -0.507 e. The number of phenols is 1. The number of hydrogen-bond donors (Lipinski definition) is 1. The van der Waals surface area contributed by atoms with Crippen molar-refractivity contribution in [3.63, 3.8) is 0 Å². The van der Waals surface area contributed by atoms with Gasteiger partial charge in [-0.25, -0.2) is 4.79 Å². The van der Waals surface area contributed by atoms with Crippen molar-refractivity contribution in [2.24, 2.45) is 5.11 Å². The van der Waals surface area contributed by atoms with Gasteiger partial charge in [0.05, 0.1) is 12.7 Å². The van der Waals surface area contributed by atoms with Crippen LogP contribution >= 0.6 is 0 Å². The Kier molecular flexibility index (Phi) is 5.61. The maximum atomic E-state index is 12.0. The van der Waals surface area contributed by atoms with Gasteiger partial charge in [-0.3, -0.25) is 0 Å². The Morgan fingerprint density at radius 3 is 2.65 bits per heavy atom. The van der Waals surface area contributed by atoms with Crippen molar-refractivity contribution in [1.82, 2.24) is 0 Å². The molecule has 6 heteroatoms. The van der Waals surface area contributed by atoms with Gasteiger partial charge in [-0.15, -0.1) is 0 Å². The van der Waals surface area contributed by atoms with Crippen molar-refractivity contribution in [3.05, 3.63) is 64.0 Å². The van der Waals surface area contributed by atoms with E-state index in [0.29, 0.717) is 36.1 Å². The molecule has 0 amide bonds. The molecule has 0 aliphatic heterocycles. The SMILES string of the molecule is COC(=O)c1ccc(O)c(-c2ccccc2)c1CCCN=[N+]=[N-]. The van der Waals surface area contributed by atoms with Crippen molar-refractivity contribution in [2.75, 3.05) is 13.7 Å². The second-order valence-corrected chi connectivity index (χ2v) is 4.90. The second kappa shape index (κ2) is 7.87. The van der Waals surface area contributed by atoms with Crippen LogP contribution in [0.25, 0.3) is 21.6 Å². The Hall–Kier alpha value is -2.98. The standard InChI is InChI=1S/C17H17N3O3/c1-23-17(22)14-9-10-15(21)16(12-6-3-2-4-7-12)13(14)8-5-11-19-20-18/h2-4,6-7,9-10,21H,5,8,11H2,1H3. The molecule has 23 heavy (non-hydrogen) atoms. The Balaban J connectivity index is 2.53. The summed E-state index contributed by atoms with van der Waals surface area (Å²) in [6, 6.07) is 12.4. The number of aromatic hydroxyl groups is 1. The molecule has 1 N–H and O–H groups in total. The van der Waals surface area contributed by atoms with Crippen molar-refractivity contribution < 1.29 is 14.6 Å². The van der Waals surface area contributed by atoms with Gasteiger partial charge >= 0.3 is 5.97 Å². The number of methoxy groups -OCH3 is 1. The first kappa shape index (κ1) is 16.4. The molecule has 0 saturated heterocycles. The predicted octanol–water partition coefficient (Wildman–Crippen LogP) is 4.09. The van der Waals surface area contributed by atoms with Crippen LogP contribution in [0.1, 0.15) is 22.3 Å². The number of esters is 1. The van der Waals surface area contributed by atoms with E-state index in [1.54, 1.807) is 6.07 Å². The zero-order valence-corrected chi connectivity index (χ0v) is 12.8. The van der Waals surface area contributed by atoms with E-state index in [1.165, 1.54) is 13.2 Å². The molecule has 2 aromatic rings. The summed E-state index contributed by atoms with van der Waals surface area (Å²) in [7, 11) is 1.32. The van der Waals surface area contributed by atoms with Crippen LogP contribution in [0.2, 0.25) is 0 Å². The van der Waals surface area contributed by atoms with Crippen molar-refractivity contribution in [3.8, 4) is 16.9 Å². The monoisotopic (exact) mass is 311 g/mol. The number of phenolic OH excluding ortho intramolecular Hbond substituents is 1. The lowest BCUT2D eigenvalue weighted by molar-refractivity contribution is 0.0599. The fourth-order valence-corrected chi connectivity index (χ4v) is 2.49. The minimum absolute atomic E-state index is 0.0997. The first-order valence-corrected chi connectivity index (χ1v) is 7.18. The minimum atomic E-state index is -0.457. The molecule has 0 atom stereocenters. The number of azide groups is 1. The highest BCUT2D eigenvalue weighted by Gasteiger charge is 2.19. The van der Waals surface area contributed by atoms with Crippen molar-refractivity contribution >= 4 is 5.97 Å². The van der Waals surface area contributed by atoms with Gasteiger partial charge in [0.25, 0.3) is 0 Å². The van der Waals surface area contributed by atoms with Crippen LogP contribution in [0.15, 0.2) is 47.6 Å². The van der Waals surface area contributed by atoms with E-state index >= 15 is 0 Å². The molecule has 0 heterocycles. The van der Waals surface area contributed by atoms with Gasteiger partial charge < -0.3 is 9.84 Å². The summed E-state index contributed by atoms with van der Waals surface area (Å²) in [6.07, 6.45) is 1.05. The summed E-state index contributed by atoms with van der Waals surface area (Å²) < 4.78 is 4.83. The van der Waals surface area contributed by atoms with Crippen LogP contribution in [0.4, 0.5) is 0 Å². The summed E-state index contributed by atoms with van der Waals surface area (Å²) in [5.41, 5.74) is 10.9. The third-order valence-corrected chi connectivity index (χ3v) is 3.51. The molecule has 0 bridgehead atoms. The molecule has 2 aromatic carbocycles. The van der Waals surface area contributed by atoms with Gasteiger partial charge in [-0.1, -0.05) is 35.4 Å². The maximum Gasteiger partial charge on any atom is 0.338 e. The van der Waals surface area contributed by atoms with Gasteiger partial charge in [0.2, 0.25) is 0 Å². The lowest BCUT2D eigenvalue weighted by atomic mass is 9.91. The molecule has 118 valence electrons. The first-order valence-electron chi connectivity index (χ1n) is 7.18. The van der Waals surface area contributed by atoms with Crippen LogP contribution in [0.3, 0.4) is 0 Å². The molecule has 0 spiro atoms. The maximum absolute atomic E-state index is 12.0. The van der Waals surface area contributed by atoms with E-state index in [1.807, 2.05) is 30.3 Å². The number of carbonyl (C=O) groups excluding carboxylic acids is 1. The number of nitrogens with zero attached hydrogens (tertiary/aromatic N) is 3. The number of benzene rings is 2. The lowest BCUT2D eigenvalue weighted by Crippen LogP contribution is -2.08. The van der Waals surface area contributed by atoms with Gasteiger partial charge in [0.1, 0.15) is 5.75 Å². The molecule has 2 rings (SSSR count). The molecule has 6 nitrogen and oxygen atoms in total. The Labute approximate surface area is 134 Å². The van der Waals surface area contributed by atoms with Crippen LogP contribution in [-0.4, -0.2) is 24.7 Å². The third-order valence-electron chi connectivity index (χ3n) is 3.51. The molecule has 0 aliphatic rings. The molecular formula is C17H17N3O3. The highest BCUT2D eigenvalue weighted by atomic mass is 16.5. The third kappa shape index (κ3) is 3.81. The van der Waals surface area contributed by atoms with E-state index in [0.717, 1.165) is 5.56 Å². The lowest BCUT2D eigenvalue weighted by Gasteiger charge is -2.15. The van der Waals surface area contributed by atoms with Gasteiger partial charge in [0.15, 0.2) is 0 Å². The van der Waals surface area contributed by atoms with E-state index < -0.39 is 5.97 Å². The second-order valence-electron chi connectivity index (χ2n) is 4.90. The molecule has 0 aliphatic carbocycles. The molecule has 0 fully saturated rings. The summed E-state index contributed by atoms with van der Waals surface area (Å²) in [6.45, 7) is 0.320. The average molecular weight is 311 g/mol. The molecule has 0 unspecified atom stereocenters. The van der Waals surface area contributed by atoms with E-state index in [-0.39, 0.29) is 5.75 Å². The summed E-state index contributed by atoms with van der Waals surface area (Å²) in [4.78, 5) is 14.8. The van der Waals surface area contributed by atoms with E-state index in [4.69, 9.17) is 10.3 Å². The molecule has 0 saturated carbocycles. The first-order chi connectivity index (χ1) is 11.2. The highest BCUT2D eigenvalue weighted by Crippen LogP contribution is 2.35. The fourth-order valence-electron chi connectivity index (χ4n) is 2.49. The number of hydrogen-bond acceptors (Lipinski definition) is 4. The fraction of sp³-hybridized carbons (Fsp3) is 0.235. The van der Waals surface area contributed by atoms with E-state index in [2.05, 4.69) is 10.0 Å². The average Bonchev–Trinajstić information content (AvgIpc) is 2.59. The van der Waals surface area contributed by atoms with Crippen LogP contribution in [-0.2, 0) is 11.2 Å². The largest absolute Gasteiger partial charge is 0.507 e. The summed E-state index contributed by atoms with van der Waals surface area (Å²) >= 11 is 0. The Bertz CT molecular complexity index is 738. The number of ether oxygens (including phenoxy) is 1. The van der Waals surface area contributed by atoms with Crippen molar-refractivity contribution in [1.29, 1.82) is 0 Å². The number of carbonyl (C=O) groups is 1. The normalized spacial score (nSPS) is 9.96. The molecular weight excluding hydrogens is 294 g/mol. The highest BCUT2D eigenvalue weighted by molar-refractivity contribution is 5.94. The molecule has 0 radical (unpaired) electrons. The van der Waals surface area contributed by atoms with Crippen molar-refractivity contribution in [2.45, 2.75) is 12.8 Å². The van der Waals surface area contributed by atoms with E-state index in [9.17, 15) is 9.90 Å². The van der Waals surface area contributed by atoms with Crippen LogP contribution < -0.4 is 0 Å². The smallest absolute Gasteiger partial charge is 0.338 e. The Morgan fingerprint density at radius 2 is 2.00 bits per heavy atom. The quantitative estimate of drug-likeness (QED) is 0.286.